The molecule has 0 saturated heterocycles. The molecule has 48 heavy (non-hydrogen) atoms. The molecule has 0 atom stereocenters. The van der Waals surface area contributed by atoms with Gasteiger partial charge < -0.3 is 9.30 Å². The number of aromatic nitrogens is 4. The molecule has 0 aliphatic carbocycles. The summed E-state index contributed by atoms with van der Waals surface area (Å²) in [5, 5.41) is 4.64. The van der Waals surface area contributed by atoms with Gasteiger partial charge in [-0.15, -0.1) is 0 Å². The Morgan fingerprint density at radius 1 is 0.396 bits per heavy atom. The van der Waals surface area contributed by atoms with E-state index >= 15 is 0 Å². The maximum absolute atomic E-state index is 6.71. The SMILES string of the molecule is c1ccc(-c2nc(-c3ccccc3)nc(-c3cccc4c3-c3cccc5c(-n6c7ccccc7c7ccccc76)ccc(c35)O4)n2)cc1. The van der Waals surface area contributed by atoms with Gasteiger partial charge in [0.2, 0.25) is 0 Å². The lowest BCUT2D eigenvalue weighted by molar-refractivity contribution is 0.487. The van der Waals surface area contributed by atoms with E-state index in [1.807, 2.05) is 72.8 Å². The first-order valence-electron chi connectivity index (χ1n) is 16.0. The van der Waals surface area contributed by atoms with Crippen LogP contribution in [0, 0.1) is 0 Å². The van der Waals surface area contributed by atoms with Crippen molar-refractivity contribution in [1.82, 2.24) is 19.5 Å². The van der Waals surface area contributed by atoms with Crippen molar-refractivity contribution >= 4 is 32.6 Å². The summed E-state index contributed by atoms with van der Waals surface area (Å²) in [6.45, 7) is 0. The number of fused-ring (bicyclic) bond motifs is 5. The average molecular weight is 615 g/mol. The molecule has 1 aliphatic rings. The third-order valence-electron chi connectivity index (χ3n) is 9.26. The van der Waals surface area contributed by atoms with Gasteiger partial charge in [-0.3, -0.25) is 0 Å². The molecule has 7 aromatic carbocycles. The van der Waals surface area contributed by atoms with Crippen molar-refractivity contribution in [2.24, 2.45) is 0 Å². The molecule has 0 radical (unpaired) electrons. The highest BCUT2D eigenvalue weighted by Crippen LogP contribution is 2.51. The lowest BCUT2D eigenvalue weighted by Gasteiger charge is -2.25. The van der Waals surface area contributed by atoms with Crippen LogP contribution in [0.3, 0.4) is 0 Å². The van der Waals surface area contributed by atoms with Crippen LogP contribution in [-0.2, 0) is 0 Å². The van der Waals surface area contributed by atoms with Gasteiger partial charge >= 0.3 is 0 Å². The van der Waals surface area contributed by atoms with Crippen LogP contribution >= 0.6 is 0 Å². The Balaban J connectivity index is 1.23. The monoisotopic (exact) mass is 614 g/mol. The van der Waals surface area contributed by atoms with Crippen molar-refractivity contribution in [3.05, 3.63) is 158 Å². The van der Waals surface area contributed by atoms with Gasteiger partial charge in [-0.25, -0.2) is 15.0 Å². The number of para-hydroxylation sites is 2. The normalized spacial score (nSPS) is 11.9. The Morgan fingerprint density at radius 3 is 1.60 bits per heavy atom. The van der Waals surface area contributed by atoms with E-state index in [4.69, 9.17) is 19.7 Å². The van der Waals surface area contributed by atoms with Crippen LogP contribution in [-0.4, -0.2) is 19.5 Å². The summed E-state index contributed by atoms with van der Waals surface area (Å²) in [4.78, 5) is 15.1. The van der Waals surface area contributed by atoms with Crippen LogP contribution in [0.2, 0.25) is 0 Å². The maximum atomic E-state index is 6.71. The molecule has 0 unspecified atom stereocenters. The Kier molecular flexibility index (Phi) is 5.81. The van der Waals surface area contributed by atoms with Crippen molar-refractivity contribution in [1.29, 1.82) is 0 Å². The molecule has 0 bridgehead atoms. The van der Waals surface area contributed by atoms with E-state index in [1.54, 1.807) is 0 Å². The fourth-order valence-corrected chi connectivity index (χ4v) is 7.16. The number of rotatable bonds is 4. The molecule has 0 amide bonds. The first-order chi connectivity index (χ1) is 23.8. The lowest BCUT2D eigenvalue weighted by Crippen LogP contribution is -2.04. The fraction of sp³-hybridized carbons (Fsp3) is 0. The van der Waals surface area contributed by atoms with Crippen LogP contribution in [0.1, 0.15) is 0 Å². The zero-order chi connectivity index (χ0) is 31.6. The van der Waals surface area contributed by atoms with E-state index in [0.717, 1.165) is 55.8 Å². The third-order valence-corrected chi connectivity index (χ3v) is 9.26. The van der Waals surface area contributed by atoms with Crippen molar-refractivity contribution in [2.45, 2.75) is 0 Å². The third kappa shape index (κ3) is 4.01. The highest BCUT2D eigenvalue weighted by molar-refractivity contribution is 6.13. The van der Waals surface area contributed by atoms with E-state index < -0.39 is 0 Å². The molecule has 5 nitrogen and oxygen atoms in total. The predicted molar refractivity (Wildman–Crippen MR) is 193 cm³/mol. The van der Waals surface area contributed by atoms with E-state index in [1.165, 1.54) is 21.8 Å². The molecule has 0 saturated carbocycles. The van der Waals surface area contributed by atoms with E-state index in [-0.39, 0.29) is 0 Å². The van der Waals surface area contributed by atoms with Crippen LogP contribution in [0.25, 0.3) is 83.6 Å². The highest BCUT2D eigenvalue weighted by Gasteiger charge is 2.27. The summed E-state index contributed by atoms with van der Waals surface area (Å²) in [6, 6.07) is 54.3. The number of ether oxygens (including phenoxy) is 1. The first-order valence-corrected chi connectivity index (χ1v) is 16.0. The van der Waals surface area contributed by atoms with Crippen LogP contribution in [0.4, 0.5) is 0 Å². The fourth-order valence-electron chi connectivity index (χ4n) is 7.16. The lowest BCUT2D eigenvalue weighted by atomic mass is 9.90. The first kappa shape index (κ1) is 26.6. The summed E-state index contributed by atoms with van der Waals surface area (Å²) in [7, 11) is 0. The Hall–Kier alpha value is -6.59. The van der Waals surface area contributed by atoms with Crippen molar-refractivity contribution in [2.75, 3.05) is 0 Å². The van der Waals surface area contributed by atoms with Gasteiger partial charge in [0.15, 0.2) is 17.5 Å². The second kappa shape index (κ2) is 10.5. The topological polar surface area (TPSA) is 52.8 Å². The number of benzene rings is 7. The van der Waals surface area contributed by atoms with Crippen LogP contribution in [0.5, 0.6) is 11.5 Å². The van der Waals surface area contributed by atoms with Gasteiger partial charge in [-0.1, -0.05) is 127 Å². The van der Waals surface area contributed by atoms with E-state index in [0.29, 0.717) is 17.5 Å². The van der Waals surface area contributed by atoms with Crippen LogP contribution < -0.4 is 4.74 Å². The van der Waals surface area contributed by atoms with Gasteiger partial charge in [0, 0.05) is 43.8 Å². The molecule has 0 spiro atoms. The summed E-state index contributed by atoms with van der Waals surface area (Å²) >= 11 is 0. The van der Waals surface area contributed by atoms with Crippen molar-refractivity contribution in [3.8, 4) is 62.5 Å². The van der Waals surface area contributed by atoms with Gasteiger partial charge in [-0.2, -0.15) is 0 Å². The predicted octanol–water partition coefficient (Wildman–Crippen LogP) is 10.9. The minimum Gasteiger partial charge on any atom is -0.456 e. The van der Waals surface area contributed by atoms with Gasteiger partial charge in [-0.05, 0) is 35.9 Å². The Bertz CT molecular complexity index is 2590. The highest BCUT2D eigenvalue weighted by atomic mass is 16.5. The Labute approximate surface area is 276 Å². The molecule has 0 N–H and O–H groups in total. The number of nitrogens with zero attached hydrogens (tertiary/aromatic N) is 4. The van der Waals surface area contributed by atoms with Crippen molar-refractivity contribution < 1.29 is 4.74 Å². The summed E-state index contributed by atoms with van der Waals surface area (Å²) in [5.41, 5.74) is 8.27. The Morgan fingerprint density at radius 2 is 0.938 bits per heavy atom. The zero-order valence-corrected chi connectivity index (χ0v) is 25.7. The minimum atomic E-state index is 0.599. The molecule has 10 rings (SSSR count). The standard InChI is InChI=1S/C43H26N4O/c1-3-13-27(14-4-1)41-44-42(28-15-5-2-6-16-28)46-43(45-41)33-21-12-24-37-40(33)32-20-11-19-31-36(25-26-38(48-37)39(31)32)47-34-22-9-7-17-29(34)30-18-8-10-23-35(30)47/h1-26H. The van der Waals surface area contributed by atoms with E-state index in [9.17, 15) is 0 Å². The molecule has 2 aromatic heterocycles. The molecule has 5 heteroatoms. The molecular formula is C43H26N4O. The summed E-state index contributed by atoms with van der Waals surface area (Å²) in [5.74, 6) is 3.46. The second-order valence-electron chi connectivity index (χ2n) is 12.0. The molecule has 3 heterocycles. The molecule has 1 aliphatic heterocycles. The summed E-state index contributed by atoms with van der Waals surface area (Å²) in [6.07, 6.45) is 0. The number of hydrogen-bond donors (Lipinski definition) is 0. The second-order valence-corrected chi connectivity index (χ2v) is 12.0. The molecule has 224 valence electrons. The van der Waals surface area contributed by atoms with Crippen LogP contribution in [0.15, 0.2) is 158 Å². The molecule has 0 fully saturated rings. The molecule has 9 aromatic rings. The number of hydrogen-bond acceptors (Lipinski definition) is 4. The van der Waals surface area contributed by atoms with E-state index in [2.05, 4.69) is 89.5 Å². The largest absolute Gasteiger partial charge is 0.456 e. The minimum absolute atomic E-state index is 0.599. The zero-order valence-electron chi connectivity index (χ0n) is 25.7. The summed E-state index contributed by atoms with van der Waals surface area (Å²) < 4.78 is 9.08. The van der Waals surface area contributed by atoms with Gasteiger partial charge in [0.25, 0.3) is 0 Å². The maximum Gasteiger partial charge on any atom is 0.164 e. The molecular weight excluding hydrogens is 589 g/mol. The average Bonchev–Trinajstić information content (AvgIpc) is 3.49. The van der Waals surface area contributed by atoms with Crippen molar-refractivity contribution in [3.63, 3.8) is 0 Å². The van der Waals surface area contributed by atoms with Gasteiger partial charge in [0.1, 0.15) is 11.5 Å². The quantitative estimate of drug-likeness (QED) is 0.198. The van der Waals surface area contributed by atoms with Gasteiger partial charge in [0.05, 0.1) is 16.7 Å². The smallest absolute Gasteiger partial charge is 0.164 e.